The Morgan fingerprint density at radius 2 is 0.934 bits per heavy atom. The predicted octanol–water partition coefficient (Wildman–Crippen LogP) is -10.6. The molecule has 5 rings (SSSR count). The fraction of sp³-hybridized carbons (Fsp3) is 0.941. The number of carbonyl (C=O) groups excluding carboxylic acids is 2. The van der Waals surface area contributed by atoms with E-state index >= 15 is 0 Å². The Balaban J connectivity index is 1.36. The number of nitrogens with one attached hydrogen (secondary N) is 2. The van der Waals surface area contributed by atoms with Crippen LogP contribution in [0.4, 0.5) is 0 Å². The lowest BCUT2D eigenvalue weighted by Gasteiger charge is -2.49. The molecule has 25 atom stereocenters. The molecule has 0 aromatic carbocycles. The normalized spacial score (nSPS) is 49.6. The molecule has 0 aromatic heterocycles. The van der Waals surface area contributed by atoms with Crippen molar-refractivity contribution in [1.82, 2.24) is 10.6 Å². The molecular weight excluding hydrogens is 836 g/mol. The van der Waals surface area contributed by atoms with Gasteiger partial charge in [-0.1, -0.05) is 0 Å². The highest BCUT2D eigenvalue weighted by atomic mass is 16.8. The van der Waals surface area contributed by atoms with Crippen LogP contribution in [0.2, 0.25) is 0 Å². The van der Waals surface area contributed by atoms with E-state index in [0.717, 1.165) is 13.8 Å². The van der Waals surface area contributed by atoms with E-state index in [4.69, 9.17) is 42.6 Å². The number of hydrogen-bond donors (Lipinski definition) is 16. The largest absolute Gasteiger partial charge is 0.394 e. The summed E-state index contributed by atoms with van der Waals surface area (Å²) in [6, 6.07) is -3.28. The molecule has 0 spiro atoms. The lowest BCUT2D eigenvalue weighted by molar-refractivity contribution is -0.372. The van der Waals surface area contributed by atoms with Crippen molar-refractivity contribution < 1.29 is 124 Å². The van der Waals surface area contributed by atoms with Gasteiger partial charge in [-0.05, 0) is 6.92 Å². The third-order valence-electron chi connectivity index (χ3n) is 11.1. The minimum Gasteiger partial charge on any atom is -0.394 e. The zero-order chi connectivity index (χ0) is 45.2. The van der Waals surface area contributed by atoms with E-state index in [2.05, 4.69) is 10.6 Å². The van der Waals surface area contributed by atoms with E-state index in [-0.39, 0.29) is 0 Å². The van der Waals surface area contributed by atoms with E-state index in [1.54, 1.807) is 0 Å². The number of carbonyl (C=O) groups is 2. The van der Waals surface area contributed by atoms with Gasteiger partial charge < -0.3 is 125 Å². The highest BCUT2D eigenvalue weighted by molar-refractivity contribution is 5.73. The molecule has 0 radical (unpaired) electrons. The second-order valence-electron chi connectivity index (χ2n) is 15.4. The Hall–Kier alpha value is -1.98. The SMILES string of the molecule is CC(=O)N[C@@H]1[C@@H](O[C@@H]2O[C@H](CO)[C@@H](O[C@@H]3O[C@H](CO)[C@H](O)[C@H](O)[C@H]3O)[C@H](O)[C@H]2NC(C)=O)[C@@H](O)[C@@H](CO[C@@H]2O[C@H](CO)[C@H](O)[C@H](O)[C@H]2O[C@@H]2O[C@@H](C)[C@@H](O)[C@@H](O)[C@@H]2O)O[C@@H]1O. The van der Waals surface area contributed by atoms with Gasteiger partial charge in [0.15, 0.2) is 31.5 Å². The van der Waals surface area contributed by atoms with Gasteiger partial charge in [0, 0.05) is 13.8 Å². The van der Waals surface area contributed by atoms with Crippen LogP contribution < -0.4 is 10.6 Å². The van der Waals surface area contributed by atoms with Gasteiger partial charge in [0.05, 0.1) is 32.5 Å². The Labute approximate surface area is 346 Å². The van der Waals surface area contributed by atoms with Crippen LogP contribution in [0, 0.1) is 0 Å². The molecule has 5 aliphatic rings. The van der Waals surface area contributed by atoms with Crippen LogP contribution in [0.3, 0.4) is 0 Å². The average molecular weight is 895 g/mol. The molecule has 0 aliphatic carbocycles. The molecule has 5 saturated heterocycles. The standard InChI is InChI=1S/C34H58N2O25/c1-8-17(42)22(47)25(50)32(54-8)61-29-24(49)19(44)12(5-38)57-34(29)53-7-14-20(45)28(16(30(52)55-14)36-10(3)41)60-31-15(35-9(2)40)21(46)27(13(6-39)58-31)59-33-26(51)23(48)18(43)11(4-37)56-33/h8,11-34,37-39,42-52H,4-7H2,1-3H3,(H,35,40)(H,36,41)/t8-,11+,12+,13+,14+,15+,16+,17+,18-,19-,20-,21+,22+,23-,24-,25-,26+,27+,28+,29+,30-,31-,32-,33-,34+/m0/s1. The third kappa shape index (κ3) is 10.9. The molecule has 27 nitrogen and oxygen atoms in total. The fourth-order valence-electron chi connectivity index (χ4n) is 7.66. The van der Waals surface area contributed by atoms with Gasteiger partial charge in [0.1, 0.15) is 116 Å². The van der Waals surface area contributed by atoms with E-state index in [0.29, 0.717) is 0 Å². The van der Waals surface area contributed by atoms with Gasteiger partial charge in [-0.3, -0.25) is 9.59 Å². The monoisotopic (exact) mass is 894 g/mol. The number of amides is 2. The maximum atomic E-state index is 12.4. The van der Waals surface area contributed by atoms with Crippen molar-refractivity contribution >= 4 is 11.8 Å². The topological polar surface area (TPSA) is 424 Å². The van der Waals surface area contributed by atoms with Gasteiger partial charge in [0.25, 0.3) is 0 Å². The molecule has 0 bridgehead atoms. The summed E-state index contributed by atoms with van der Waals surface area (Å²) >= 11 is 0. The average Bonchev–Trinajstić information content (AvgIpc) is 3.21. The van der Waals surface area contributed by atoms with Crippen LogP contribution in [0.5, 0.6) is 0 Å². The molecule has 0 unspecified atom stereocenters. The summed E-state index contributed by atoms with van der Waals surface area (Å²) in [5, 5.41) is 152. The predicted molar refractivity (Wildman–Crippen MR) is 188 cm³/mol. The highest BCUT2D eigenvalue weighted by Gasteiger charge is 2.56. The maximum Gasteiger partial charge on any atom is 0.217 e. The first kappa shape index (κ1) is 50.0. The smallest absolute Gasteiger partial charge is 0.217 e. The van der Waals surface area contributed by atoms with Gasteiger partial charge in [-0.25, -0.2) is 0 Å². The Kier molecular flexibility index (Phi) is 17.5. The molecule has 16 N–H and O–H groups in total. The first-order valence-electron chi connectivity index (χ1n) is 19.4. The van der Waals surface area contributed by atoms with Crippen LogP contribution >= 0.6 is 0 Å². The highest BCUT2D eigenvalue weighted by Crippen LogP contribution is 2.34. The van der Waals surface area contributed by atoms with Crippen LogP contribution in [-0.2, 0) is 52.2 Å². The Morgan fingerprint density at radius 1 is 0.459 bits per heavy atom. The lowest BCUT2D eigenvalue weighted by Crippen LogP contribution is -2.70. The maximum absolute atomic E-state index is 12.4. The van der Waals surface area contributed by atoms with Crippen LogP contribution in [0.25, 0.3) is 0 Å². The van der Waals surface area contributed by atoms with E-state index in [1.807, 2.05) is 0 Å². The second-order valence-corrected chi connectivity index (χ2v) is 15.4. The summed E-state index contributed by atoms with van der Waals surface area (Å²) in [7, 11) is 0. The number of aliphatic hydroxyl groups is 14. The van der Waals surface area contributed by atoms with Crippen molar-refractivity contribution in [3.8, 4) is 0 Å². The van der Waals surface area contributed by atoms with E-state index in [1.165, 1.54) is 6.92 Å². The van der Waals surface area contributed by atoms with Gasteiger partial charge >= 0.3 is 0 Å². The fourth-order valence-corrected chi connectivity index (χ4v) is 7.66. The van der Waals surface area contributed by atoms with Gasteiger partial charge in [0.2, 0.25) is 11.8 Å². The minimum atomic E-state index is -2.01. The van der Waals surface area contributed by atoms with Crippen LogP contribution in [0.1, 0.15) is 20.8 Å². The summed E-state index contributed by atoms with van der Waals surface area (Å²) in [4.78, 5) is 24.7. The summed E-state index contributed by atoms with van der Waals surface area (Å²) in [6.07, 6.45) is -40.1. The summed E-state index contributed by atoms with van der Waals surface area (Å²) in [5.74, 6) is -1.54. The number of aliphatic hydroxyl groups excluding tert-OH is 14. The molecule has 61 heavy (non-hydrogen) atoms. The molecule has 5 heterocycles. The number of rotatable bonds is 14. The van der Waals surface area contributed by atoms with Crippen molar-refractivity contribution in [3.05, 3.63) is 0 Å². The number of ether oxygens (including phenoxy) is 9. The quantitative estimate of drug-likeness (QED) is 0.0770. The van der Waals surface area contributed by atoms with E-state index < -0.39 is 192 Å². The molecule has 5 fully saturated rings. The lowest BCUT2D eigenvalue weighted by atomic mass is 9.94. The minimum absolute atomic E-state index is 0.760. The third-order valence-corrected chi connectivity index (χ3v) is 11.1. The Bertz CT molecular complexity index is 1420. The summed E-state index contributed by atoms with van der Waals surface area (Å²) < 4.78 is 51.1. The zero-order valence-corrected chi connectivity index (χ0v) is 33.0. The van der Waals surface area contributed by atoms with Gasteiger partial charge in [-0.2, -0.15) is 0 Å². The Morgan fingerprint density at radius 3 is 1.51 bits per heavy atom. The van der Waals surface area contributed by atoms with Crippen molar-refractivity contribution in [2.24, 2.45) is 0 Å². The van der Waals surface area contributed by atoms with Gasteiger partial charge in [-0.15, -0.1) is 0 Å². The molecular formula is C34H58N2O25. The second kappa shape index (κ2) is 21.3. The van der Waals surface area contributed by atoms with Crippen LogP contribution in [-0.4, -0.2) is 263 Å². The van der Waals surface area contributed by atoms with E-state index in [9.17, 15) is 81.1 Å². The first-order valence-corrected chi connectivity index (χ1v) is 19.4. The molecule has 0 aromatic rings. The molecule has 354 valence electrons. The number of hydrogen-bond acceptors (Lipinski definition) is 25. The molecule has 2 amide bonds. The van der Waals surface area contributed by atoms with Crippen molar-refractivity contribution in [3.63, 3.8) is 0 Å². The van der Waals surface area contributed by atoms with Crippen molar-refractivity contribution in [2.45, 2.75) is 174 Å². The van der Waals surface area contributed by atoms with Crippen LogP contribution in [0.15, 0.2) is 0 Å². The first-order chi connectivity index (χ1) is 28.7. The molecule has 27 heteroatoms. The molecule has 5 aliphatic heterocycles. The van der Waals surface area contributed by atoms with Crippen molar-refractivity contribution in [2.75, 3.05) is 26.4 Å². The van der Waals surface area contributed by atoms with Crippen molar-refractivity contribution in [1.29, 1.82) is 0 Å². The summed E-state index contributed by atoms with van der Waals surface area (Å²) in [5.41, 5.74) is 0. The zero-order valence-electron chi connectivity index (χ0n) is 33.0. The summed E-state index contributed by atoms with van der Waals surface area (Å²) in [6.45, 7) is 0.0424. The molecule has 0 saturated carbocycles.